The second-order valence-electron chi connectivity index (χ2n) is 5.86. The van der Waals surface area contributed by atoms with Crippen LogP contribution in [0.3, 0.4) is 0 Å². The minimum Gasteiger partial charge on any atom is -0.481 e. The summed E-state index contributed by atoms with van der Waals surface area (Å²) >= 11 is 11.8. The SMILES string of the molecule is O=C(COc1ccccc1-c1ccccc1)OCC(=O)c1cc(Cl)ccc1Cl. The van der Waals surface area contributed by atoms with Crippen LogP contribution in [0.25, 0.3) is 11.1 Å². The number of benzene rings is 3. The van der Waals surface area contributed by atoms with Gasteiger partial charge in [-0.2, -0.15) is 0 Å². The monoisotopic (exact) mass is 414 g/mol. The Labute approximate surface area is 172 Å². The molecule has 0 bridgehead atoms. The fourth-order valence-corrected chi connectivity index (χ4v) is 2.96. The number of esters is 1. The van der Waals surface area contributed by atoms with Crippen molar-refractivity contribution in [3.8, 4) is 16.9 Å². The summed E-state index contributed by atoms with van der Waals surface area (Å²) in [5, 5.41) is 0.624. The van der Waals surface area contributed by atoms with Crippen LogP contribution in [0.5, 0.6) is 5.75 Å². The molecule has 0 saturated carbocycles. The molecule has 0 heterocycles. The van der Waals surface area contributed by atoms with E-state index in [1.165, 1.54) is 12.1 Å². The molecule has 142 valence electrons. The van der Waals surface area contributed by atoms with E-state index in [-0.39, 0.29) is 17.2 Å². The number of ether oxygens (including phenoxy) is 2. The molecule has 0 aliphatic rings. The van der Waals surface area contributed by atoms with Crippen LogP contribution in [0.4, 0.5) is 0 Å². The van der Waals surface area contributed by atoms with Crippen molar-refractivity contribution < 1.29 is 19.1 Å². The fourth-order valence-electron chi connectivity index (χ4n) is 2.56. The Morgan fingerprint density at radius 3 is 2.32 bits per heavy atom. The summed E-state index contributed by atoms with van der Waals surface area (Å²) in [7, 11) is 0. The summed E-state index contributed by atoms with van der Waals surface area (Å²) in [6, 6.07) is 21.6. The largest absolute Gasteiger partial charge is 0.481 e. The van der Waals surface area contributed by atoms with E-state index in [0.717, 1.165) is 11.1 Å². The number of carbonyl (C=O) groups is 2. The smallest absolute Gasteiger partial charge is 0.344 e. The van der Waals surface area contributed by atoms with E-state index in [9.17, 15) is 9.59 Å². The van der Waals surface area contributed by atoms with Gasteiger partial charge in [0.25, 0.3) is 0 Å². The summed E-state index contributed by atoms with van der Waals surface area (Å²) < 4.78 is 10.6. The van der Waals surface area contributed by atoms with Crippen LogP contribution in [-0.2, 0) is 9.53 Å². The highest BCUT2D eigenvalue weighted by atomic mass is 35.5. The zero-order valence-corrected chi connectivity index (χ0v) is 16.2. The van der Waals surface area contributed by atoms with Crippen LogP contribution in [0.15, 0.2) is 72.8 Å². The lowest BCUT2D eigenvalue weighted by Gasteiger charge is -2.11. The molecule has 0 aliphatic carbocycles. The molecule has 0 aliphatic heterocycles. The number of rotatable bonds is 7. The maximum atomic E-state index is 12.2. The van der Waals surface area contributed by atoms with Gasteiger partial charge in [-0.1, -0.05) is 71.7 Å². The predicted molar refractivity (Wildman–Crippen MR) is 109 cm³/mol. The third-order valence-corrected chi connectivity index (χ3v) is 4.48. The van der Waals surface area contributed by atoms with Gasteiger partial charge in [-0.3, -0.25) is 4.79 Å². The van der Waals surface area contributed by atoms with Crippen molar-refractivity contribution >= 4 is 35.0 Å². The molecule has 0 radical (unpaired) electrons. The van der Waals surface area contributed by atoms with Gasteiger partial charge in [-0.05, 0) is 29.8 Å². The average Bonchev–Trinajstić information content (AvgIpc) is 2.73. The average molecular weight is 415 g/mol. The minimum atomic E-state index is -0.658. The maximum Gasteiger partial charge on any atom is 0.344 e. The van der Waals surface area contributed by atoms with Gasteiger partial charge in [0.1, 0.15) is 5.75 Å². The molecule has 3 aromatic rings. The van der Waals surface area contributed by atoms with Crippen molar-refractivity contribution in [2.75, 3.05) is 13.2 Å². The van der Waals surface area contributed by atoms with Crippen LogP contribution in [0, 0.1) is 0 Å². The lowest BCUT2D eigenvalue weighted by molar-refractivity contribution is -0.144. The van der Waals surface area contributed by atoms with E-state index in [1.807, 2.05) is 48.5 Å². The number of hydrogen-bond acceptors (Lipinski definition) is 4. The van der Waals surface area contributed by atoms with Crippen LogP contribution >= 0.6 is 23.2 Å². The first-order valence-electron chi connectivity index (χ1n) is 8.45. The maximum absolute atomic E-state index is 12.2. The van der Waals surface area contributed by atoms with Gasteiger partial charge >= 0.3 is 5.97 Å². The third kappa shape index (κ3) is 5.12. The number of halogens is 2. The van der Waals surface area contributed by atoms with Crippen LogP contribution < -0.4 is 4.74 Å². The number of ketones is 1. The molecule has 0 atom stereocenters. The standard InChI is InChI=1S/C22H16Cl2O4/c23-16-10-11-19(24)18(12-16)20(25)13-28-22(26)14-27-21-9-5-4-8-17(21)15-6-2-1-3-7-15/h1-12H,13-14H2. The first kappa shape index (κ1) is 19.9. The Balaban J connectivity index is 1.58. The Bertz CT molecular complexity index is 987. The molecule has 0 saturated heterocycles. The van der Waals surface area contributed by atoms with Crippen LogP contribution in [-0.4, -0.2) is 25.0 Å². The topological polar surface area (TPSA) is 52.6 Å². The summed E-state index contributed by atoms with van der Waals surface area (Å²) in [6.45, 7) is -0.761. The third-order valence-electron chi connectivity index (χ3n) is 3.91. The molecule has 0 amide bonds. The van der Waals surface area contributed by atoms with E-state index < -0.39 is 18.4 Å². The minimum absolute atomic E-state index is 0.206. The first-order valence-corrected chi connectivity index (χ1v) is 9.21. The van der Waals surface area contributed by atoms with Crippen molar-refractivity contribution in [3.63, 3.8) is 0 Å². The molecule has 0 N–H and O–H groups in total. The zero-order valence-electron chi connectivity index (χ0n) is 14.7. The molecule has 6 heteroatoms. The van der Waals surface area contributed by atoms with E-state index in [2.05, 4.69) is 0 Å². The molecule has 4 nitrogen and oxygen atoms in total. The van der Waals surface area contributed by atoms with Gasteiger partial charge in [0.15, 0.2) is 13.2 Å². The van der Waals surface area contributed by atoms with Crippen molar-refractivity contribution in [2.24, 2.45) is 0 Å². The normalized spacial score (nSPS) is 10.4. The van der Waals surface area contributed by atoms with E-state index in [0.29, 0.717) is 10.8 Å². The first-order chi connectivity index (χ1) is 13.5. The highest BCUT2D eigenvalue weighted by Gasteiger charge is 2.15. The molecule has 0 spiro atoms. The van der Waals surface area contributed by atoms with Gasteiger partial charge in [0.2, 0.25) is 5.78 Å². The van der Waals surface area contributed by atoms with Crippen molar-refractivity contribution in [1.82, 2.24) is 0 Å². The Morgan fingerprint density at radius 1 is 0.821 bits per heavy atom. The van der Waals surface area contributed by atoms with E-state index in [1.54, 1.807) is 12.1 Å². The highest BCUT2D eigenvalue weighted by Crippen LogP contribution is 2.29. The lowest BCUT2D eigenvalue weighted by atomic mass is 10.1. The molecule has 28 heavy (non-hydrogen) atoms. The summed E-state index contributed by atoms with van der Waals surface area (Å²) in [5.41, 5.74) is 2.03. The summed E-state index contributed by atoms with van der Waals surface area (Å²) in [4.78, 5) is 24.2. The second-order valence-corrected chi connectivity index (χ2v) is 6.70. The van der Waals surface area contributed by atoms with Gasteiger partial charge in [-0.25, -0.2) is 4.79 Å². The summed E-state index contributed by atoms with van der Waals surface area (Å²) in [5.74, 6) is -0.547. The van der Waals surface area contributed by atoms with Crippen molar-refractivity contribution in [3.05, 3.63) is 88.4 Å². The Kier molecular flexibility index (Phi) is 6.69. The zero-order chi connectivity index (χ0) is 19.9. The van der Waals surface area contributed by atoms with Gasteiger partial charge in [0, 0.05) is 16.1 Å². The number of Topliss-reactive ketones (excluding diaryl/α,β-unsaturated/α-hetero) is 1. The molecule has 3 rings (SSSR count). The van der Waals surface area contributed by atoms with Gasteiger partial charge in [0.05, 0.1) is 5.02 Å². The molecule has 0 fully saturated rings. The van der Waals surface area contributed by atoms with Gasteiger partial charge in [-0.15, -0.1) is 0 Å². The Morgan fingerprint density at radius 2 is 1.54 bits per heavy atom. The molecule has 0 aromatic heterocycles. The van der Waals surface area contributed by atoms with Gasteiger partial charge < -0.3 is 9.47 Å². The number of hydrogen-bond donors (Lipinski definition) is 0. The van der Waals surface area contributed by atoms with Crippen molar-refractivity contribution in [2.45, 2.75) is 0 Å². The molecular weight excluding hydrogens is 399 g/mol. The number of para-hydroxylation sites is 1. The predicted octanol–water partition coefficient (Wildman–Crippen LogP) is 5.47. The van der Waals surface area contributed by atoms with Crippen molar-refractivity contribution in [1.29, 1.82) is 0 Å². The van der Waals surface area contributed by atoms with E-state index >= 15 is 0 Å². The number of carbonyl (C=O) groups excluding carboxylic acids is 2. The molecular formula is C22H16Cl2O4. The van der Waals surface area contributed by atoms with Crippen LogP contribution in [0.1, 0.15) is 10.4 Å². The fraction of sp³-hybridized carbons (Fsp3) is 0.0909. The lowest BCUT2D eigenvalue weighted by Crippen LogP contribution is -2.19. The molecule has 0 unspecified atom stereocenters. The Hall–Kier alpha value is -2.82. The van der Waals surface area contributed by atoms with Crippen LogP contribution in [0.2, 0.25) is 10.0 Å². The quantitative estimate of drug-likeness (QED) is 0.380. The van der Waals surface area contributed by atoms with E-state index in [4.69, 9.17) is 32.7 Å². The highest BCUT2D eigenvalue weighted by molar-refractivity contribution is 6.36. The second kappa shape index (κ2) is 9.40. The molecule has 3 aromatic carbocycles. The summed E-state index contributed by atoms with van der Waals surface area (Å²) in [6.07, 6.45) is 0.